The van der Waals surface area contributed by atoms with Gasteiger partial charge in [-0.2, -0.15) is 0 Å². The number of ketones is 1. The maximum absolute atomic E-state index is 11.7. The van der Waals surface area contributed by atoms with E-state index in [4.69, 9.17) is 16.3 Å². The predicted octanol–water partition coefficient (Wildman–Crippen LogP) is 3.46. The molecule has 1 aromatic carbocycles. The number of Topliss-reactive ketones (excluding diaryl/α,β-unsaturated/α-hetero) is 1. The fourth-order valence-corrected chi connectivity index (χ4v) is 2.89. The van der Waals surface area contributed by atoms with E-state index in [1.54, 1.807) is 18.2 Å². The number of methoxy groups -OCH3 is 2. The van der Waals surface area contributed by atoms with Gasteiger partial charge in [-0.25, -0.2) is 9.78 Å². The summed E-state index contributed by atoms with van der Waals surface area (Å²) in [5, 5.41) is 1.02. The van der Waals surface area contributed by atoms with E-state index in [1.807, 2.05) is 0 Å². The molecule has 2 rings (SSSR count). The van der Waals surface area contributed by atoms with Crippen LogP contribution in [0.2, 0.25) is 5.02 Å². The van der Waals surface area contributed by atoms with Crippen molar-refractivity contribution >= 4 is 34.7 Å². The number of aromatic nitrogens is 1. The quantitative estimate of drug-likeness (QED) is 0.636. The molecule has 1 aromatic heterocycles. The van der Waals surface area contributed by atoms with Gasteiger partial charge in [-0.1, -0.05) is 11.6 Å². The van der Waals surface area contributed by atoms with Gasteiger partial charge in [0.25, 0.3) is 0 Å². The lowest BCUT2D eigenvalue weighted by atomic mass is 10.2. The fraction of sp³-hybridized carbons (Fsp3) is 0.214. The molecule has 0 fully saturated rings. The highest BCUT2D eigenvalue weighted by molar-refractivity contribution is 7.17. The van der Waals surface area contributed by atoms with Crippen molar-refractivity contribution in [1.29, 1.82) is 0 Å². The molecule has 0 aliphatic carbocycles. The SMILES string of the molecule is COC(=O)c1nc(-c2ccc(Cl)cc2OC)sc1C(C)=O. The molecule has 0 amide bonds. The van der Waals surface area contributed by atoms with Gasteiger partial charge in [-0.3, -0.25) is 4.79 Å². The molecule has 1 heterocycles. The Morgan fingerprint density at radius 3 is 2.57 bits per heavy atom. The summed E-state index contributed by atoms with van der Waals surface area (Å²) in [6, 6.07) is 5.06. The zero-order valence-corrected chi connectivity index (χ0v) is 13.2. The van der Waals surface area contributed by atoms with E-state index >= 15 is 0 Å². The van der Waals surface area contributed by atoms with Crippen LogP contribution in [0.15, 0.2) is 18.2 Å². The normalized spacial score (nSPS) is 10.3. The van der Waals surface area contributed by atoms with Crippen LogP contribution >= 0.6 is 22.9 Å². The molecule has 0 radical (unpaired) electrons. The number of hydrogen-bond donors (Lipinski definition) is 0. The molecule has 110 valence electrons. The third-order valence-corrected chi connectivity index (χ3v) is 4.14. The number of halogens is 1. The van der Waals surface area contributed by atoms with E-state index in [0.717, 1.165) is 11.3 Å². The molecular weight excluding hydrogens is 314 g/mol. The first-order valence-corrected chi connectivity index (χ1v) is 7.11. The summed E-state index contributed by atoms with van der Waals surface area (Å²) in [4.78, 5) is 27.8. The fourth-order valence-electron chi connectivity index (χ4n) is 1.75. The number of rotatable bonds is 4. The standard InChI is InChI=1S/C14H12ClNO4S/c1-7(17)12-11(14(18)20-3)16-13(21-12)9-5-4-8(15)6-10(9)19-2/h4-6H,1-3H3. The molecule has 5 nitrogen and oxygen atoms in total. The molecule has 0 saturated heterocycles. The summed E-state index contributed by atoms with van der Waals surface area (Å²) in [6.45, 7) is 1.38. The van der Waals surface area contributed by atoms with Crippen molar-refractivity contribution in [2.24, 2.45) is 0 Å². The van der Waals surface area contributed by atoms with Gasteiger partial charge in [0.15, 0.2) is 11.5 Å². The zero-order valence-electron chi connectivity index (χ0n) is 11.6. The molecule has 0 aliphatic rings. The number of ether oxygens (including phenoxy) is 2. The minimum atomic E-state index is -0.643. The molecule has 0 aliphatic heterocycles. The second-order valence-corrected chi connectivity index (χ2v) is 5.52. The molecule has 2 aromatic rings. The lowest BCUT2D eigenvalue weighted by Gasteiger charge is -2.05. The predicted molar refractivity (Wildman–Crippen MR) is 80.5 cm³/mol. The maximum Gasteiger partial charge on any atom is 0.358 e. The Bertz CT molecular complexity index is 711. The van der Waals surface area contributed by atoms with E-state index in [-0.39, 0.29) is 16.4 Å². The average Bonchev–Trinajstić information content (AvgIpc) is 2.91. The van der Waals surface area contributed by atoms with E-state index in [9.17, 15) is 9.59 Å². The third kappa shape index (κ3) is 3.06. The second-order valence-electron chi connectivity index (χ2n) is 4.09. The summed E-state index contributed by atoms with van der Waals surface area (Å²) < 4.78 is 9.91. The number of benzene rings is 1. The Morgan fingerprint density at radius 2 is 2.00 bits per heavy atom. The van der Waals surface area contributed by atoms with Crippen molar-refractivity contribution in [3.8, 4) is 16.3 Å². The van der Waals surface area contributed by atoms with Crippen molar-refractivity contribution in [1.82, 2.24) is 4.98 Å². The van der Waals surface area contributed by atoms with E-state index < -0.39 is 5.97 Å². The minimum absolute atomic E-state index is 0.0157. The number of carbonyl (C=O) groups is 2. The van der Waals surface area contributed by atoms with Gasteiger partial charge in [0.05, 0.1) is 19.8 Å². The van der Waals surface area contributed by atoms with E-state index in [1.165, 1.54) is 21.1 Å². The second kappa shape index (κ2) is 6.24. The van der Waals surface area contributed by atoms with Crippen molar-refractivity contribution in [3.05, 3.63) is 33.8 Å². The Kier molecular flexibility index (Phi) is 4.59. The number of esters is 1. The maximum atomic E-state index is 11.7. The molecule has 0 unspecified atom stereocenters. The number of carbonyl (C=O) groups excluding carboxylic acids is 2. The Balaban J connectivity index is 2.60. The molecule has 0 saturated carbocycles. The molecule has 0 atom stereocenters. The van der Waals surface area contributed by atoms with Crippen LogP contribution in [0, 0.1) is 0 Å². The Hall–Kier alpha value is -1.92. The highest BCUT2D eigenvalue weighted by Gasteiger charge is 2.23. The van der Waals surface area contributed by atoms with Crippen molar-refractivity contribution in [2.45, 2.75) is 6.92 Å². The van der Waals surface area contributed by atoms with Gasteiger partial charge in [0.1, 0.15) is 15.6 Å². The highest BCUT2D eigenvalue weighted by atomic mass is 35.5. The summed E-state index contributed by atoms with van der Waals surface area (Å²) in [7, 11) is 2.75. The summed E-state index contributed by atoms with van der Waals surface area (Å²) in [5.41, 5.74) is 0.673. The average molecular weight is 326 g/mol. The van der Waals surface area contributed by atoms with Gasteiger partial charge in [0.2, 0.25) is 0 Å². The monoisotopic (exact) mass is 325 g/mol. The van der Waals surface area contributed by atoms with Crippen molar-refractivity contribution in [3.63, 3.8) is 0 Å². The lowest BCUT2D eigenvalue weighted by molar-refractivity contribution is 0.0591. The molecule has 0 spiro atoms. The van der Waals surface area contributed by atoms with E-state index in [0.29, 0.717) is 21.3 Å². The highest BCUT2D eigenvalue weighted by Crippen LogP contribution is 2.36. The van der Waals surface area contributed by atoms with Crippen LogP contribution in [-0.4, -0.2) is 31.0 Å². The number of nitrogens with zero attached hydrogens (tertiary/aromatic N) is 1. The van der Waals surface area contributed by atoms with Gasteiger partial charge in [0, 0.05) is 11.9 Å². The van der Waals surface area contributed by atoms with Gasteiger partial charge < -0.3 is 9.47 Å². The molecule has 0 N–H and O–H groups in total. The topological polar surface area (TPSA) is 65.5 Å². The van der Waals surface area contributed by atoms with Gasteiger partial charge >= 0.3 is 5.97 Å². The smallest absolute Gasteiger partial charge is 0.358 e. The first-order valence-electron chi connectivity index (χ1n) is 5.92. The zero-order chi connectivity index (χ0) is 15.6. The minimum Gasteiger partial charge on any atom is -0.496 e. The van der Waals surface area contributed by atoms with Gasteiger partial charge in [-0.05, 0) is 18.2 Å². The molecular formula is C14H12ClNO4S. The van der Waals surface area contributed by atoms with Crippen LogP contribution in [0.25, 0.3) is 10.6 Å². The third-order valence-electron chi connectivity index (χ3n) is 2.72. The first-order chi connectivity index (χ1) is 9.97. The van der Waals surface area contributed by atoms with Crippen molar-refractivity contribution < 1.29 is 19.1 Å². The van der Waals surface area contributed by atoms with E-state index in [2.05, 4.69) is 9.72 Å². The Morgan fingerprint density at radius 1 is 1.29 bits per heavy atom. The number of thiazole rings is 1. The van der Waals surface area contributed by atoms with Crippen LogP contribution < -0.4 is 4.74 Å². The Labute approximate surface area is 130 Å². The van der Waals surface area contributed by atoms with Crippen LogP contribution in [0.4, 0.5) is 0 Å². The first kappa shape index (κ1) is 15.5. The van der Waals surface area contributed by atoms with Crippen LogP contribution in [0.1, 0.15) is 27.1 Å². The largest absolute Gasteiger partial charge is 0.496 e. The summed E-state index contributed by atoms with van der Waals surface area (Å²) >= 11 is 7.03. The van der Waals surface area contributed by atoms with Crippen molar-refractivity contribution in [2.75, 3.05) is 14.2 Å². The lowest BCUT2D eigenvalue weighted by Crippen LogP contribution is -2.06. The van der Waals surface area contributed by atoms with Gasteiger partial charge in [-0.15, -0.1) is 11.3 Å². The summed E-state index contributed by atoms with van der Waals surface area (Å²) in [6.07, 6.45) is 0. The van der Waals surface area contributed by atoms with Crippen LogP contribution in [0.5, 0.6) is 5.75 Å². The van der Waals surface area contributed by atoms with Crippen LogP contribution in [0.3, 0.4) is 0 Å². The molecule has 21 heavy (non-hydrogen) atoms. The molecule has 0 bridgehead atoms. The van der Waals surface area contributed by atoms with Crippen LogP contribution in [-0.2, 0) is 4.74 Å². The number of hydrogen-bond acceptors (Lipinski definition) is 6. The summed E-state index contributed by atoms with van der Waals surface area (Å²) in [5.74, 6) is -0.370. The molecule has 7 heteroatoms.